The first-order valence-corrected chi connectivity index (χ1v) is 9.31. The zero-order valence-corrected chi connectivity index (χ0v) is 16.4. The lowest BCUT2D eigenvalue weighted by atomic mass is 10.1. The number of aliphatic imine (C=N–C) groups is 1. The summed E-state index contributed by atoms with van der Waals surface area (Å²) in [6.07, 6.45) is 0.960. The molecule has 1 aromatic heterocycles. The van der Waals surface area contributed by atoms with Crippen LogP contribution in [0.1, 0.15) is 25.8 Å². The number of benzene rings is 1. The minimum atomic E-state index is 0.602. The third-order valence-electron chi connectivity index (χ3n) is 3.96. The van der Waals surface area contributed by atoms with Crippen molar-refractivity contribution in [2.75, 3.05) is 45.3 Å². The van der Waals surface area contributed by atoms with E-state index in [4.69, 9.17) is 14.7 Å². The van der Waals surface area contributed by atoms with E-state index in [0.29, 0.717) is 6.54 Å². The predicted molar refractivity (Wildman–Crippen MR) is 110 cm³/mol. The molecule has 0 unspecified atom stereocenters. The Balaban J connectivity index is 2.14. The molecule has 2 aromatic rings. The van der Waals surface area contributed by atoms with Crippen LogP contribution in [0.3, 0.4) is 0 Å². The number of para-hydroxylation sites is 1. The van der Waals surface area contributed by atoms with Gasteiger partial charge in [0.1, 0.15) is 5.82 Å². The third kappa shape index (κ3) is 5.88. The maximum absolute atomic E-state index is 5.38. The Bertz CT molecular complexity index is 714. The van der Waals surface area contributed by atoms with Crippen LogP contribution in [0, 0.1) is 0 Å². The van der Waals surface area contributed by atoms with Gasteiger partial charge in [0.05, 0.1) is 12.1 Å². The van der Waals surface area contributed by atoms with E-state index in [2.05, 4.69) is 29.7 Å². The molecular weight excluding hydrogens is 326 g/mol. The molecule has 0 aliphatic rings. The first kappa shape index (κ1) is 20.0. The SMILES string of the molecule is CCNC(=NCc1cc(N(C)C)nc2ccccc12)NCCCOCC. The Morgan fingerprint density at radius 1 is 1.19 bits per heavy atom. The molecule has 0 atom stereocenters. The minimum absolute atomic E-state index is 0.602. The zero-order chi connectivity index (χ0) is 18.8. The molecule has 0 aliphatic carbocycles. The third-order valence-corrected chi connectivity index (χ3v) is 3.96. The van der Waals surface area contributed by atoms with Crippen molar-refractivity contribution < 1.29 is 4.74 Å². The van der Waals surface area contributed by atoms with Crippen LogP contribution in [-0.4, -0.2) is 51.3 Å². The molecule has 0 fully saturated rings. The standard InChI is InChI=1S/C20H31N5O/c1-5-21-20(22-12-9-13-26-6-2)23-15-16-14-19(25(3)4)24-18-11-8-7-10-17(16)18/h7-8,10-11,14H,5-6,9,12-13,15H2,1-4H3,(H2,21,22,23). The van der Waals surface area contributed by atoms with Crippen LogP contribution in [0.25, 0.3) is 10.9 Å². The highest BCUT2D eigenvalue weighted by Gasteiger charge is 2.07. The van der Waals surface area contributed by atoms with Gasteiger partial charge in [0.25, 0.3) is 0 Å². The number of nitrogens with one attached hydrogen (secondary N) is 2. The van der Waals surface area contributed by atoms with Gasteiger partial charge in [-0.15, -0.1) is 0 Å². The van der Waals surface area contributed by atoms with E-state index in [1.165, 1.54) is 5.56 Å². The molecule has 6 heteroatoms. The number of anilines is 1. The molecule has 6 nitrogen and oxygen atoms in total. The van der Waals surface area contributed by atoms with Gasteiger partial charge in [-0.2, -0.15) is 0 Å². The van der Waals surface area contributed by atoms with Crippen LogP contribution in [0.5, 0.6) is 0 Å². The number of fused-ring (bicyclic) bond motifs is 1. The first-order valence-electron chi connectivity index (χ1n) is 9.31. The van der Waals surface area contributed by atoms with Gasteiger partial charge in [-0.05, 0) is 38.0 Å². The molecule has 1 aromatic carbocycles. The Hall–Kier alpha value is -2.34. The molecular formula is C20H31N5O. The van der Waals surface area contributed by atoms with Gasteiger partial charge in [0.15, 0.2) is 5.96 Å². The highest BCUT2D eigenvalue weighted by Crippen LogP contribution is 2.22. The van der Waals surface area contributed by atoms with Crippen molar-refractivity contribution in [3.05, 3.63) is 35.9 Å². The lowest BCUT2D eigenvalue weighted by Crippen LogP contribution is -2.38. The molecule has 0 amide bonds. The fourth-order valence-electron chi connectivity index (χ4n) is 2.62. The molecule has 0 radical (unpaired) electrons. The topological polar surface area (TPSA) is 61.8 Å². The average Bonchev–Trinajstić information content (AvgIpc) is 2.65. The van der Waals surface area contributed by atoms with Crippen LogP contribution in [0.4, 0.5) is 5.82 Å². The maximum atomic E-state index is 5.38. The summed E-state index contributed by atoms with van der Waals surface area (Å²) in [5.41, 5.74) is 2.17. The van der Waals surface area contributed by atoms with Crippen LogP contribution in [-0.2, 0) is 11.3 Å². The van der Waals surface area contributed by atoms with Gasteiger partial charge in [-0.25, -0.2) is 9.98 Å². The molecule has 0 saturated heterocycles. The highest BCUT2D eigenvalue weighted by atomic mass is 16.5. The van der Waals surface area contributed by atoms with Crippen molar-refractivity contribution in [2.24, 2.45) is 4.99 Å². The van der Waals surface area contributed by atoms with Crippen molar-refractivity contribution in [2.45, 2.75) is 26.8 Å². The van der Waals surface area contributed by atoms with Gasteiger partial charge in [-0.1, -0.05) is 18.2 Å². The van der Waals surface area contributed by atoms with Crippen molar-refractivity contribution in [3.63, 3.8) is 0 Å². The van der Waals surface area contributed by atoms with E-state index >= 15 is 0 Å². The molecule has 2 N–H and O–H groups in total. The van der Waals surface area contributed by atoms with Gasteiger partial charge in [-0.3, -0.25) is 0 Å². The van der Waals surface area contributed by atoms with Crippen LogP contribution >= 0.6 is 0 Å². The van der Waals surface area contributed by atoms with Crippen LogP contribution in [0.2, 0.25) is 0 Å². The largest absolute Gasteiger partial charge is 0.382 e. The van der Waals surface area contributed by atoms with E-state index in [1.54, 1.807) is 0 Å². The monoisotopic (exact) mass is 357 g/mol. The summed E-state index contributed by atoms with van der Waals surface area (Å²) in [6.45, 7) is 7.89. The van der Waals surface area contributed by atoms with E-state index in [-0.39, 0.29) is 0 Å². The summed E-state index contributed by atoms with van der Waals surface area (Å²) in [4.78, 5) is 11.5. The Morgan fingerprint density at radius 2 is 2.00 bits per heavy atom. The van der Waals surface area contributed by atoms with Crippen molar-refractivity contribution in [1.82, 2.24) is 15.6 Å². The smallest absolute Gasteiger partial charge is 0.191 e. The second kappa shape index (κ2) is 10.6. The molecule has 0 spiro atoms. The molecule has 26 heavy (non-hydrogen) atoms. The summed E-state index contributed by atoms with van der Waals surface area (Å²) in [7, 11) is 4.02. The Labute approximate surface area is 156 Å². The fraction of sp³-hybridized carbons (Fsp3) is 0.500. The van der Waals surface area contributed by atoms with E-state index < -0.39 is 0 Å². The molecule has 2 rings (SSSR count). The van der Waals surface area contributed by atoms with Gasteiger partial charge < -0.3 is 20.3 Å². The second-order valence-electron chi connectivity index (χ2n) is 6.22. The van der Waals surface area contributed by atoms with Gasteiger partial charge in [0, 0.05) is 45.8 Å². The summed E-state index contributed by atoms with van der Waals surface area (Å²) in [5, 5.41) is 7.82. The molecule has 0 saturated carbocycles. The number of hydrogen-bond donors (Lipinski definition) is 2. The number of pyridine rings is 1. The lowest BCUT2D eigenvalue weighted by Gasteiger charge is -2.15. The first-order chi connectivity index (χ1) is 12.7. The predicted octanol–water partition coefficient (Wildman–Crippen LogP) is 2.78. The summed E-state index contributed by atoms with van der Waals surface area (Å²) in [5.74, 6) is 1.78. The molecule has 142 valence electrons. The summed E-state index contributed by atoms with van der Waals surface area (Å²) in [6, 6.07) is 10.3. The van der Waals surface area contributed by atoms with Crippen molar-refractivity contribution in [3.8, 4) is 0 Å². The van der Waals surface area contributed by atoms with Gasteiger partial charge in [0.2, 0.25) is 0 Å². The number of rotatable bonds is 9. The minimum Gasteiger partial charge on any atom is -0.382 e. The Morgan fingerprint density at radius 3 is 2.73 bits per heavy atom. The van der Waals surface area contributed by atoms with E-state index in [9.17, 15) is 0 Å². The molecule has 0 aliphatic heterocycles. The summed E-state index contributed by atoms with van der Waals surface area (Å²) < 4.78 is 5.38. The number of hydrogen-bond acceptors (Lipinski definition) is 4. The zero-order valence-electron chi connectivity index (χ0n) is 16.4. The number of nitrogens with zero attached hydrogens (tertiary/aromatic N) is 3. The quantitative estimate of drug-likeness (QED) is 0.410. The average molecular weight is 358 g/mol. The second-order valence-corrected chi connectivity index (χ2v) is 6.22. The number of guanidine groups is 1. The van der Waals surface area contributed by atoms with Crippen molar-refractivity contribution >= 4 is 22.7 Å². The lowest BCUT2D eigenvalue weighted by molar-refractivity contribution is 0.145. The normalized spacial score (nSPS) is 11.6. The summed E-state index contributed by atoms with van der Waals surface area (Å²) >= 11 is 0. The molecule has 0 bridgehead atoms. The maximum Gasteiger partial charge on any atom is 0.191 e. The van der Waals surface area contributed by atoms with E-state index in [1.807, 2.05) is 44.1 Å². The van der Waals surface area contributed by atoms with Crippen LogP contribution < -0.4 is 15.5 Å². The number of ether oxygens (including phenoxy) is 1. The van der Waals surface area contributed by atoms with E-state index in [0.717, 1.165) is 55.4 Å². The van der Waals surface area contributed by atoms with Crippen LogP contribution in [0.15, 0.2) is 35.3 Å². The fourth-order valence-corrected chi connectivity index (χ4v) is 2.62. The van der Waals surface area contributed by atoms with Crippen molar-refractivity contribution in [1.29, 1.82) is 0 Å². The number of aromatic nitrogens is 1. The highest BCUT2D eigenvalue weighted by molar-refractivity contribution is 5.85. The molecule has 1 heterocycles. The van der Waals surface area contributed by atoms with Gasteiger partial charge >= 0.3 is 0 Å². The Kier molecular flexibility index (Phi) is 8.15.